The first-order valence-electron chi connectivity index (χ1n) is 7.31. The van der Waals surface area contributed by atoms with E-state index in [1.165, 1.54) is 16.7 Å². The molecule has 2 aromatic rings. The highest BCUT2D eigenvalue weighted by molar-refractivity contribution is 7.80. The molecule has 0 aromatic heterocycles. The minimum atomic E-state index is 0.144. The Labute approximate surface area is 136 Å². The van der Waals surface area contributed by atoms with Crippen molar-refractivity contribution in [2.75, 3.05) is 0 Å². The second kappa shape index (κ2) is 6.27. The Bertz CT molecular complexity index is 654. The molecule has 1 heterocycles. The molecular formula is C18H18ClNS. The normalized spacial score (nSPS) is 21.7. The van der Waals surface area contributed by atoms with Gasteiger partial charge in [0.15, 0.2) is 0 Å². The van der Waals surface area contributed by atoms with Crippen LogP contribution in [0.4, 0.5) is 0 Å². The van der Waals surface area contributed by atoms with Crippen LogP contribution in [0.3, 0.4) is 0 Å². The minimum Gasteiger partial charge on any atom is -0.299 e. The van der Waals surface area contributed by atoms with Gasteiger partial charge in [0.05, 0.1) is 6.04 Å². The first-order chi connectivity index (χ1) is 10.2. The smallest absolute Gasteiger partial charge is 0.0584 e. The molecule has 3 rings (SSSR count). The predicted octanol–water partition coefficient (Wildman–Crippen LogP) is 4.72. The first kappa shape index (κ1) is 14.7. The molecular weight excluding hydrogens is 298 g/mol. The average Bonchev–Trinajstić information content (AvgIpc) is 2.64. The number of rotatable bonds is 2. The number of hydrogen-bond acceptors (Lipinski definition) is 2. The molecule has 0 aliphatic carbocycles. The molecule has 1 N–H and O–H groups in total. The Morgan fingerprint density at radius 1 is 1.19 bits per heavy atom. The van der Waals surface area contributed by atoms with Crippen LogP contribution in [0.2, 0.25) is 5.02 Å². The summed E-state index contributed by atoms with van der Waals surface area (Å²) in [5.41, 5.74) is 3.78. The van der Waals surface area contributed by atoms with E-state index < -0.39 is 0 Å². The second-order valence-electron chi connectivity index (χ2n) is 5.46. The third kappa shape index (κ3) is 3.03. The van der Waals surface area contributed by atoms with Gasteiger partial charge in [0.2, 0.25) is 0 Å². The lowest BCUT2D eigenvalue weighted by Crippen LogP contribution is -2.36. The van der Waals surface area contributed by atoms with Crippen LogP contribution in [0.15, 0.2) is 48.5 Å². The largest absolute Gasteiger partial charge is 0.299 e. The summed E-state index contributed by atoms with van der Waals surface area (Å²) in [4.78, 5) is 1.08. The van der Waals surface area contributed by atoms with E-state index in [9.17, 15) is 0 Å². The van der Waals surface area contributed by atoms with Gasteiger partial charge in [-0.2, -0.15) is 0 Å². The molecule has 1 aliphatic heterocycles. The maximum atomic E-state index is 6.23. The van der Waals surface area contributed by atoms with E-state index in [4.69, 9.17) is 23.8 Å². The van der Waals surface area contributed by atoms with Gasteiger partial charge in [-0.15, -0.1) is 0 Å². The molecule has 21 heavy (non-hydrogen) atoms. The van der Waals surface area contributed by atoms with Gasteiger partial charge in [-0.1, -0.05) is 67.1 Å². The topological polar surface area (TPSA) is 12.0 Å². The average molecular weight is 316 g/mol. The molecule has 0 amide bonds. The highest BCUT2D eigenvalue weighted by atomic mass is 35.5. The summed E-state index contributed by atoms with van der Waals surface area (Å²) in [6, 6.07) is 17.0. The van der Waals surface area contributed by atoms with Crippen molar-refractivity contribution in [3.63, 3.8) is 0 Å². The molecule has 108 valence electrons. The first-order valence-corrected chi connectivity index (χ1v) is 8.09. The highest BCUT2D eigenvalue weighted by Crippen LogP contribution is 2.31. The predicted molar refractivity (Wildman–Crippen MR) is 93.3 cm³/mol. The van der Waals surface area contributed by atoms with Crippen LogP contribution in [-0.4, -0.2) is 10.9 Å². The van der Waals surface area contributed by atoms with Crippen molar-refractivity contribution in [2.24, 2.45) is 0 Å². The van der Waals surface area contributed by atoms with E-state index in [0.717, 1.165) is 22.7 Å². The van der Waals surface area contributed by atoms with Gasteiger partial charge in [-0.25, -0.2) is 0 Å². The van der Waals surface area contributed by atoms with Crippen molar-refractivity contribution in [3.05, 3.63) is 70.2 Å². The van der Waals surface area contributed by atoms with Gasteiger partial charge >= 0.3 is 0 Å². The lowest BCUT2D eigenvalue weighted by molar-refractivity contribution is 0.550. The quantitative estimate of drug-likeness (QED) is 0.804. The zero-order chi connectivity index (χ0) is 14.8. The number of halogens is 1. The second-order valence-corrected chi connectivity index (χ2v) is 6.42. The van der Waals surface area contributed by atoms with Gasteiger partial charge < -0.3 is 0 Å². The van der Waals surface area contributed by atoms with Gasteiger partial charge in [-0.3, -0.25) is 5.32 Å². The van der Waals surface area contributed by atoms with E-state index in [1.807, 2.05) is 12.1 Å². The fourth-order valence-corrected chi connectivity index (χ4v) is 3.53. The summed E-state index contributed by atoms with van der Waals surface area (Å²) in [5, 5.41) is 4.49. The van der Waals surface area contributed by atoms with Crippen molar-refractivity contribution in [2.45, 2.75) is 31.8 Å². The molecule has 2 unspecified atom stereocenters. The Balaban J connectivity index is 2.12. The summed E-state index contributed by atoms with van der Waals surface area (Å²) in [5.74, 6) is 0. The van der Waals surface area contributed by atoms with Crippen LogP contribution in [0.1, 0.15) is 36.1 Å². The lowest BCUT2D eigenvalue weighted by atomic mass is 9.94. The Morgan fingerprint density at radius 3 is 2.67 bits per heavy atom. The van der Waals surface area contributed by atoms with Crippen LogP contribution in [0, 0.1) is 0 Å². The molecule has 1 nitrogen and oxygen atoms in total. The van der Waals surface area contributed by atoms with Crippen LogP contribution in [0.5, 0.6) is 0 Å². The number of fused-ring (bicyclic) bond motifs is 1. The van der Waals surface area contributed by atoms with Gasteiger partial charge in [0, 0.05) is 22.3 Å². The maximum absolute atomic E-state index is 6.23. The Kier molecular flexibility index (Phi) is 4.39. The Morgan fingerprint density at radius 2 is 1.95 bits per heavy atom. The molecule has 0 bridgehead atoms. The zero-order valence-electron chi connectivity index (χ0n) is 12.0. The van der Waals surface area contributed by atoms with E-state index in [0.29, 0.717) is 0 Å². The molecule has 1 aliphatic rings. The standard InChI is InChI=1S/C18H18ClNS/c1-2-16-17(21)10-13-8-9-14(19)11-15(13)18(20-16)12-6-4-3-5-7-12/h3-9,11,16,18,20H,2,10H2,1H3. The van der Waals surface area contributed by atoms with Crippen molar-refractivity contribution in [3.8, 4) is 0 Å². The van der Waals surface area contributed by atoms with Crippen LogP contribution >= 0.6 is 23.8 Å². The summed E-state index contributed by atoms with van der Waals surface area (Å²) < 4.78 is 0. The Hall–Kier alpha value is -1.22. The van der Waals surface area contributed by atoms with Gasteiger partial charge in [0.1, 0.15) is 0 Å². The van der Waals surface area contributed by atoms with Crippen molar-refractivity contribution < 1.29 is 0 Å². The molecule has 0 spiro atoms. The van der Waals surface area contributed by atoms with Gasteiger partial charge in [0.25, 0.3) is 0 Å². The maximum Gasteiger partial charge on any atom is 0.0584 e. The molecule has 0 fully saturated rings. The summed E-state index contributed by atoms with van der Waals surface area (Å²) in [7, 11) is 0. The molecule has 3 heteroatoms. The van der Waals surface area contributed by atoms with E-state index in [-0.39, 0.29) is 12.1 Å². The van der Waals surface area contributed by atoms with E-state index >= 15 is 0 Å². The van der Waals surface area contributed by atoms with Gasteiger partial charge in [-0.05, 0) is 35.2 Å². The van der Waals surface area contributed by atoms with Crippen molar-refractivity contribution in [1.82, 2.24) is 5.32 Å². The molecule has 0 radical (unpaired) electrons. The SMILES string of the molecule is CCC1NC(c2ccccc2)c2cc(Cl)ccc2CC1=S. The minimum absolute atomic E-state index is 0.144. The zero-order valence-corrected chi connectivity index (χ0v) is 13.5. The van der Waals surface area contributed by atoms with Crippen LogP contribution in [0.25, 0.3) is 0 Å². The summed E-state index contributed by atoms with van der Waals surface area (Å²) in [6.07, 6.45) is 1.85. The summed E-state index contributed by atoms with van der Waals surface area (Å²) >= 11 is 11.9. The lowest BCUT2D eigenvalue weighted by Gasteiger charge is -2.23. The highest BCUT2D eigenvalue weighted by Gasteiger charge is 2.27. The van der Waals surface area contributed by atoms with E-state index in [2.05, 4.69) is 48.6 Å². The molecule has 2 atom stereocenters. The van der Waals surface area contributed by atoms with Crippen molar-refractivity contribution >= 4 is 28.7 Å². The van der Waals surface area contributed by atoms with Crippen LogP contribution in [-0.2, 0) is 6.42 Å². The number of hydrogen-bond donors (Lipinski definition) is 1. The van der Waals surface area contributed by atoms with Crippen molar-refractivity contribution in [1.29, 1.82) is 0 Å². The van der Waals surface area contributed by atoms with E-state index in [1.54, 1.807) is 0 Å². The fraction of sp³-hybridized carbons (Fsp3) is 0.278. The number of nitrogens with one attached hydrogen (secondary N) is 1. The monoisotopic (exact) mass is 315 g/mol. The number of benzene rings is 2. The summed E-state index contributed by atoms with van der Waals surface area (Å²) in [6.45, 7) is 2.18. The molecule has 0 saturated heterocycles. The van der Waals surface area contributed by atoms with Crippen LogP contribution < -0.4 is 5.32 Å². The molecule has 0 saturated carbocycles. The number of thiocarbonyl (C=S) groups is 1. The molecule has 2 aromatic carbocycles. The fourth-order valence-electron chi connectivity index (χ4n) is 2.96. The third-order valence-electron chi connectivity index (χ3n) is 4.08. The third-order valence-corrected chi connectivity index (χ3v) is 4.75.